The number of likely N-dealkylation sites (tertiary alicyclic amines) is 1. The SMILES string of the molecule is CCCC(CCCN)N1CCCC1. The molecule has 0 aliphatic carbocycles. The van der Waals surface area contributed by atoms with Crippen LogP contribution in [-0.4, -0.2) is 30.6 Å². The predicted octanol–water partition coefficient (Wildman–Crippen LogP) is 1.99. The molecule has 2 nitrogen and oxygen atoms in total. The third-order valence-electron chi connectivity index (χ3n) is 3.02. The van der Waals surface area contributed by atoms with E-state index < -0.39 is 0 Å². The van der Waals surface area contributed by atoms with Crippen LogP contribution in [0.1, 0.15) is 45.4 Å². The van der Waals surface area contributed by atoms with E-state index in [0.29, 0.717) is 0 Å². The van der Waals surface area contributed by atoms with Crippen molar-refractivity contribution in [3.05, 3.63) is 0 Å². The second kappa shape index (κ2) is 6.39. The van der Waals surface area contributed by atoms with E-state index in [4.69, 9.17) is 5.73 Å². The normalized spacial score (nSPS) is 20.8. The summed E-state index contributed by atoms with van der Waals surface area (Å²) in [4.78, 5) is 2.67. The van der Waals surface area contributed by atoms with Gasteiger partial charge in [-0.05, 0) is 51.7 Å². The Labute approximate surface area is 82.5 Å². The van der Waals surface area contributed by atoms with Gasteiger partial charge >= 0.3 is 0 Å². The largest absolute Gasteiger partial charge is 0.330 e. The quantitative estimate of drug-likeness (QED) is 0.684. The molecule has 2 N–H and O–H groups in total. The molecular formula is C11H24N2. The van der Waals surface area contributed by atoms with Gasteiger partial charge in [0.05, 0.1) is 0 Å². The van der Waals surface area contributed by atoms with Gasteiger partial charge in [0.2, 0.25) is 0 Å². The molecule has 0 spiro atoms. The molecule has 0 bridgehead atoms. The fraction of sp³-hybridized carbons (Fsp3) is 1.00. The highest BCUT2D eigenvalue weighted by molar-refractivity contribution is 4.76. The Bertz CT molecular complexity index is 119. The molecule has 0 saturated carbocycles. The molecule has 1 atom stereocenters. The minimum Gasteiger partial charge on any atom is -0.330 e. The van der Waals surface area contributed by atoms with Gasteiger partial charge in [-0.25, -0.2) is 0 Å². The lowest BCUT2D eigenvalue weighted by molar-refractivity contribution is 0.215. The minimum absolute atomic E-state index is 0.830. The van der Waals surface area contributed by atoms with Crippen molar-refractivity contribution in [1.29, 1.82) is 0 Å². The van der Waals surface area contributed by atoms with Crippen LogP contribution in [0.25, 0.3) is 0 Å². The van der Waals surface area contributed by atoms with Crippen molar-refractivity contribution in [3.8, 4) is 0 Å². The van der Waals surface area contributed by atoms with E-state index in [1.807, 2.05) is 0 Å². The van der Waals surface area contributed by atoms with E-state index in [-0.39, 0.29) is 0 Å². The number of hydrogen-bond acceptors (Lipinski definition) is 2. The van der Waals surface area contributed by atoms with Crippen LogP contribution in [0.4, 0.5) is 0 Å². The van der Waals surface area contributed by atoms with Crippen LogP contribution in [0.2, 0.25) is 0 Å². The summed E-state index contributed by atoms with van der Waals surface area (Å²) in [7, 11) is 0. The topological polar surface area (TPSA) is 29.3 Å². The molecule has 0 radical (unpaired) electrons. The van der Waals surface area contributed by atoms with E-state index in [9.17, 15) is 0 Å². The number of nitrogens with two attached hydrogens (primary N) is 1. The maximum atomic E-state index is 5.55. The van der Waals surface area contributed by atoms with Gasteiger partial charge in [-0.1, -0.05) is 13.3 Å². The maximum Gasteiger partial charge on any atom is 0.00956 e. The van der Waals surface area contributed by atoms with Gasteiger partial charge in [-0.2, -0.15) is 0 Å². The maximum absolute atomic E-state index is 5.55. The summed E-state index contributed by atoms with van der Waals surface area (Å²) >= 11 is 0. The molecule has 2 heteroatoms. The second-order valence-electron chi connectivity index (χ2n) is 4.12. The van der Waals surface area contributed by atoms with Gasteiger partial charge in [0.15, 0.2) is 0 Å². The Balaban J connectivity index is 2.26. The molecule has 1 fully saturated rings. The highest BCUT2D eigenvalue weighted by Gasteiger charge is 2.20. The second-order valence-corrected chi connectivity index (χ2v) is 4.12. The summed E-state index contributed by atoms with van der Waals surface area (Å²) in [6.45, 7) is 5.80. The lowest BCUT2D eigenvalue weighted by atomic mass is 10.1. The lowest BCUT2D eigenvalue weighted by Crippen LogP contribution is -2.33. The third-order valence-corrected chi connectivity index (χ3v) is 3.02. The Morgan fingerprint density at radius 2 is 1.92 bits per heavy atom. The van der Waals surface area contributed by atoms with Crippen LogP contribution < -0.4 is 5.73 Å². The van der Waals surface area contributed by atoms with Crippen LogP contribution in [-0.2, 0) is 0 Å². The van der Waals surface area contributed by atoms with Crippen LogP contribution in [0.3, 0.4) is 0 Å². The Kier molecular flexibility index (Phi) is 5.40. The Morgan fingerprint density at radius 3 is 2.46 bits per heavy atom. The molecule has 1 rings (SSSR count). The molecule has 78 valence electrons. The monoisotopic (exact) mass is 184 g/mol. The molecule has 13 heavy (non-hydrogen) atoms. The van der Waals surface area contributed by atoms with Crippen molar-refractivity contribution in [2.45, 2.75) is 51.5 Å². The average molecular weight is 184 g/mol. The smallest absolute Gasteiger partial charge is 0.00956 e. The third kappa shape index (κ3) is 3.65. The fourth-order valence-corrected chi connectivity index (χ4v) is 2.30. The summed E-state index contributed by atoms with van der Waals surface area (Å²) in [5, 5.41) is 0. The predicted molar refractivity (Wildman–Crippen MR) is 57.8 cm³/mol. The molecule has 1 saturated heterocycles. The number of nitrogens with zero attached hydrogens (tertiary/aromatic N) is 1. The molecule has 1 heterocycles. The molecular weight excluding hydrogens is 160 g/mol. The van der Waals surface area contributed by atoms with Gasteiger partial charge in [0.1, 0.15) is 0 Å². The van der Waals surface area contributed by atoms with Crippen LogP contribution >= 0.6 is 0 Å². The van der Waals surface area contributed by atoms with Crippen molar-refractivity contribution in [2.24, 2.45) is 5.73 Å². The molecule has 1 unspecified atom stereocenters. The highest BCUT2D eigenvalue weighted by atomic mass is 15.2. The standard InChI is InChI=1S/C11H24N2/c1-2-6-11(7-5-8-12)13-9-3-4-10-13/h11H,2-10,12H2,1H3. The molecule has 0 aromatic rings. The van der Waals surface area contributed by atoms with Gasteiger partial charge in [-0.3, -0.25) is 0 Å². The Hall–Kier alpha value is -0.0800. The van der Waals surface area contributed by atoms with Gasteiger partial charge in [0, 0.05) is 6.04 Å². The number of rotatable bonds is 6. The first kappa shape index (κ1) is 11.0. The van der Waals surface area contributed by atoms with Gasteiger partial charge in [-0.15, -0.1) is 0 Å². The van der Waals surface area contributed by atoms with E-state index in [1.54, 1.807) is 0 Å². The molecule has 0 aromatic heterocycles. The summed E-state index contributed by atoms with van der Waals surface area (Å²) < 4.78 is 0. The van der Waals surface area contributed by atoms with Crippen molar-refractivity contribution in [2.75, 3.05) is 19.6 Å². The molecule has 0 amide bonds. The molecule has 1 aliphatic rings. The van der Waals surface area contributed by atoms with Crippen molar-refractivity contribution in [3.63, 3.8) is 0 Å². The first-order chi connectivity index (χ1) is 6.38. The van der Waals surface area contributed by atoms with Crippen LogP contribution in [0.15, 0.2) is 0 Å². The minimum atomic E-state index is 0.830. The lowest BCUT2D eigenvalue weighted by Gasteiger charge is -2.27. The van der Waals surface area contributed by atoms with E-state index in [2.05, 4.69) is 11.8 Å². The summed E-state index contributed by atoms with van der Waals surface area (Å²) in [5.41, 5.74) is 5.55. The van der Waals surface area contributed by atoms with E-state index in [0.717, 1.165) is 12.6 Å². The number of hydrogen-bond donors (Lipinski definition) is 1. The molecule has 0 aromatic carbocycles. The van der Waals surface area contributed by atoms with Crippen molar-refractivity contribution in [1.82, 2.24) is 4.90 Å². The molecule has 1 aliphatic heterocycles. The first-order valence-corrected chi connectivity index (χ1v) is 5.82. The summed E-state index contributed by atoms with van der Waals surface area (Å²) in [6.07, 6.45) is 7.99. The van der Waals surface area contributed by atoms with Crippen LogP contribution in [0, 0.1) is 0 Å². The average Bonchev–Trinajstić information content (AvgIpc) is 2.65. The first-order valence-electron chi connectivity index (χ1n) is 5.82. The van der Waals surface area contributed by atoms with Crippen molar-refractivity contribution < 1.29 is 0 Å². The fourth-order valence-electron chi connectivity index (χ4n) is 2.30. The van der Waals surface area contributed by atoms with E-state index >= 15 is 0 Å². The van der Waals surface area contributed by atoms with Gasteiger partial charge in [0.25, 0.3) is 0 Å². The van der Waals surface area contributed by atoms with Crippen molar-refractivity contribution >= 4 is 0 Å². The van der Waals surface area contributed by atoms with E-state index in [1.165, 1.54) is 51.6 Å². The zero-order chi connectivity index (χ0) is 9.52. The van der Waals surface area contributed by atoms with Crippen LogP contribution in [0.5, 0.6) is 0 Å². The Morgan fingerprint density at radius 1 is 1.23 bits per heavy atom. The zero-order valence-electron chi connectivity index (χ0n) is 8.97. The van der Waals surface area contributed by atoms with Gasteiger partial charge < -0.3 is 10.6 Å². The summed E-state index contributed by atoms with van der Waals surface area (Å²) in [6, 6.07) is 0.830. The highest BCUT2D eigenvalue weighted by Crippen LogP contribution is 2.18. The zero-order valence-corrected chi connectivity index (χ0v) is 8.97. The summed E-state index contributed by atoms with van der Waals surface area (Å²) in [5.74, 6) is 0.